The number of para-hydroxylation sites is 2. The van der Waals surface area contributed by atoms with Crippen molar-refractivity contribution in [3.63, 3.8) is 0 Å². The van der Waals surface area contributed by atoms with Crippen LogP contribution in [0.15, 0.2) is 95.9 Å². The van der Waals surface area contributed by atoms with E-state index in [-0.39, 0.29) is 10.9 Å². The van der Waals surface area contributed by atoms with Crippen LogP contribution in [0.2, 0.25) is 0 Å². The molecule has 1 aliphatic heterocycles. The molecule has 0 fully saturated rings. The van der Waals surface area contributed by atoms with E-state index in [2.05, 4.69) is 34.9 Å². The lowest BCUT2D eigenvalue weighted by Gasteiger charge is -2.18. The Morgan fingerprint density at radius 2 is 1.56 bits per heavy atom. The van der Waals surface area contributed by atoms with Gasteiger partial charge < -0.3 is 0 Å². The second-order valence-electron chi connectivity index (χ2n) is 8.24. The van der Waals surface area contributed by atoms with Crippen molar-refractivity contribution in [3.8, 4) is 0 Å². The Bertz CT molecular complexity index is 1590. The Morgan fingerprint density at radius 3 is 2.38 bits per heavy atom. The molecule has 1 unspecified atom stereocenters. The van der Waals surface area contributed by atoms with Gasteiger partial charge in [0, 0.05) is 0 Å². The minimum atomic E-state index is -3.75. The van der Waals surface area contributed by atoms with Crippen LogP contribution in [0.4, 0.5) is 5.95 Å². The van der Waals surface area contributed by atoms with E-state index in [4.69, 9.17) is 4.98 Å². The molecule has 6 rings (SSSR count). The second kappa shape index (κ2) is 6.93. The lowest BCUT2D eigenvalue weighted by atomic mass is 10.0. The van der Waals surface area contributed by atoms with E-state index in [1.54, 1.807) is 12.1 Å². The Hall–Kier alpha value is -3.64. The monoisotopic (exact) mass is 439 g/mol. The SMILES string of the molecule is Cc1ccc(S(=O)(=O)N2CC(c3ccc4ccccc4c3)n3c2nc2ccccc23)cc1. The van der Waals surface area contributed by atoms with Crippen LogP contribution in [0.3, 0.4) is 0 Å². The van der Waals surface area contributed by atoms with Gasteiger partial charge in [0.15, 0.2) is 0 Å². The summed E-state index contributed by atoms with van der Waals surface area (Å²) in [6, 6.07) is 29.2. The fourth-order valence-electron chi connectivity index (χ4n) is 4.55. The predicted molar refractivity (Wildman–Crippen MR) is 128 cm³/mol. The highest BCUT2D eigenvalue weighted by Crippen LogP contribution is 2.40. The molecule has 0 saturated carbocycles. The van der Waals surface area contributed by atoms with Gasteiger partial charge in [-0.3, -0.25) is 4.57 Å². The molecule has 0 aliphatic carbocycles. The van der Waals surface area contributed by atoms with E-state index in [0.29, 0.717) is 12.5 Å². The average molecular weight is 440 g/mol. The fraction of sp³-hybridized carbons (Fsp3) is 0.115. The van der Waals surface area contributed by atoms with Gasteiger partial charge in [-0.2, -0.15) is 0 Å². The molecule has 0 radical (unpaired) electrons. The number of imidazole rings is 1. The zero-order chi connectivity index (χ0) is 21.9. The molecular formula is C26H21N3O2S. The number of nitrogens with zero attached hydrogens (tertiary/aromatic N) is 3. The number of anilines is 1. The van der Waals surface area contributed by atoms with Crippen LogP contribution in [0.1, 0.15) is 17.2 Å². The minimum Gasteiger partial charge on any atom is -0.300 e. The third kappa shape index (κ3) is 2.83. The van der Waals surface area contributed by atoms with Crippen molar-refractivity contribution in [2.24, 2.45) is 0 Å². The maximum atomic E-state index is 13.6. The highest BCUT2D eigenvalue weighted by molar-refractivity contribution is 7.92. The number of hydrogen-bond donors (Lipinski definition) is 0. The number of sulfonamides is 1. The third-order valence-corrected chi connectivity index (χ3v) is 7.98. The minimum absolute atomic E-state index is 0.165. The first-order chi connectivity index (χ1) is 15.5. The lowest BCUT2D eigenvalue weighted by Crippen LogP contribution is -2.30. The maximum absolute atomic E-state index is 13.6. The summed E-state index contributed by atoms with van der Waals surface area (Å²) in [6.07, 6.45) is 0. The molecule has 0 bridgehead atoms. The first-order valence-electron chi connectivity index (χ1n) is 10.6. The third-order valence-electron chi connectivity index (χ3n) is 6.22. The van der Waals surface area contributed by atoms with Crippen LogP contribution in [-0.2, 0) is 10.0 Å². The average Bonchev–Trinajstić information content (AvgIpc) is 3.37. The first-order valence-corrected chi connectivity index (χ1v) is 12.0. The Morgan fingerprint density at radius 1 is 0.844 bits per heavy atom. The molecule has 1 aromatic heterocycles. The molecule has 0 saturated heterocycles. The maximum Gasteiger partial charge on any atom is 0.266 e. The molecule has 1 aliphatic rings. The van der Waals surface area contributed by atoms with Gasteiger partial charge in [-0.15, -0.1) is 0 Å². The number of rotatable bonds is 3. The Labute approximate surface area is 186 Å². The van der Waals surface area contributed by atoms with E-state index < -0.39 is 10.0 Å². The van der Waals surface area contributed by atoms with Crippen molar-refractivity contribution in [3.05, 3.63) is 102 Å². The van der Waals surface area contributed by atoms with Gasteiger partial charge in [0.1, 0.15) is 0 Å². The predicted octanol–water partition coefficient (Wildman–Crippen LogP) is 5.30. The normalized spacial score (nSPS) is 16.0. The molecule has 0 N–H and O–H groups in total. The summed E-state index contributed by atoms with van der Waals surface area (Å²) < 4.78 is 30.8. The van der Waals surface area contributed by atoms with Crippen LogP contribution >= 0.6 is 0 Å². The van der Waals surface area contributed by atoms with Gasteiger partial charge in [0.25, 0.3) is 10.0 Å². The highest BCUT2D eigenvalue weighted by atomic mass is 32.2. The molecule has 2 heterocycles. The molecule has 6 heteroatoms. The van der Waals surface area contributed by atoms with Gasteiger partial charge in [0.05, 0.1) is 28.5 Å². The van der Waals surface area contributed by atoms with Crippen LogP contribution in [0.5, 0.6) is 0 Å². The van der Waals surface area contributed by atoms with Crippen molar-refractivity contribution < 1.29 is 8.42 Å². The number of hydrogen-bond acceptors (Lipinski definition) is 3. The number of aromatic nitrogens is 2. The zero-order valence-electron chi connectivity index (χ0n) is 17.5. The van der Waals surface area contributed by atoms with Crippen LogP contribution in [-0.4, -0.2) is 24.5 Å². The Kier molecular flexibility index (Phi) is 4.13. The summed E-state index contributed by atoms with van der Waals surface area (Å²) >= 11 is 0. The largest absolute Gasteiger partial charge is 0.300 e. The zero-order valence-corrected chi connectivity index (χ0v) is 18.3. The van der Waals surface area contributed by atoms with Gasteiger partial charge in [-0.1, -0.05) is 66.2 Å². The molecule has 32 heavy (non-hydrogen) atoms. The number of aryl methyl sites for hydroxylation is 1. The quantitative estimate of drug-likeness (QED) is 0.384. The van der Waals surface area contributed by atoms with E-state index >= 15 is 0 Å². The summed E-state index contributed by atoms with van der Waals surface area (Å²) in [6.45, 7) is 2.25. The summed E-state index contributed by atoms with van der Waals surface area (Å²) in [7, 11) is -3.75. The van der Waals surface area contributed by atoms with Crippen molar-refractivity contribution in [2.75, 3.05) is 10.8 Å². The van der Waals surface area contributed by atoms with Crippen molar-refractivity contribution in [2.45, 2.75) is 17.9 Å². The molecule has 0 amide bonds. The first kappa shape index (κ1) is 19.1. The topological polar surface area (TPSA) is 55.2 Å². The van der Waals surface area contributed by atoms with Crippen molar-refractivity contribution in [1.29, 1.82) is 0 Å². The smallest absolute Gasteiger partial charge is 0.266 e. The van der Waals surface area contributed by atoms with E-state index in [1.807, 2.05) is 55.5 Å². The highest BCUT2D eigenvalue weighted by Gasteiger charge is 2.40. The second-order valence-corrected chi connectivity index (χ2v) is 10.1. The summed E-state index contributed by atoms with van der Waals surface area (Å²) in [5.74, 6) is 0.463. The van der Waals surface area contributed by atoms with Gasteiger partial charge in [0.2, 0.25) is 5.95 Å². The van der Waals surface area contributed by atoms with Crippen LogP contribution in [0, 0.1) is 6.92 Å². The standard InChI is InChI=1S/C26H21N3O2S/c1-18-10-14-22(15-11-18)32(30,31)28-17-25(21-13-12-19-6-2-3-7-20(19)16-21)29-24-9-5-4-8-23(24)27-26(28)29/h2-16,25H,17H2,1H3. The van der Waals surface area contributed by atoms with Crippen LogP contribution < -0.4 is 4.31 Å². The van der Waals surface area contributed by atoms with Crippen LogP contribution in [0.25, 0.3) is 21.8 Å². The summed E-state index contributed by atoms with van der Waals surface area (Å²) in [5.41, 5.74) is 3.81. The van der Waals surface area contributed by atoms with Gasteiger partial charge >= 0.3 is 0 Å². The lowest BCUT2D eigenvalue weighted by molar-refractivity contribution is 0.589. The number of benzene rings is 4. The molecular weight excluding hydrogens is 418 g/mol. The van der Waals surface area contributed by atoms with Crippen molar-refractivity contribution in [1.82, 2.24) is 9.55 Å². The van der Waals surface area contributed by atoms with Crippen molar-refractivity contribution >= 4 is 37.8 Å². The summed E-state index contributed by atoms with van der Waals surface area (Å²) in [5, 5.41) is 2.30. The molecule has 5 nitrogen and oxygen atoms in total. The van der Waals surface area contributed by atoms with E-state index in [0.717, 1.165) is 32.9 Å². The van der Waals surface area contributed by atoms with E-state index in [9.17, 15) is 8.42 Å². The van der Waals surface area contributed by atoms with Gasteiger partial charge in [-0.05, 0) is 53.6 Å². The van der Waals surface area contributed by atoms with E-state index in [1.165, 1.54) is 4.31 Å². The number of fused-ring (bicyclic) bond motifs is 4. The molecule has 0 spiro atoms. The molecule has 1 atom stereocenters. The molecule has 158 valence electrons. The summed E-state index contributed by atoms with van der Waals surface area (Å²) in [4.78, 5) is 5.01. The Balaban J connectivity index is 1.54. The van der Waals surface area contributed by atoms with Gasteiger partial charge in [-0.25, -0.2) is 17.7 Å². The molecule has 5 aromatic rings. The molecule has 4 aromatic carbocycles. The fourth-order valence-corrected chi connectivity index (χ4v) is 5.96.